The number of alkyl halides is 2. The third kappa shape index (κ3) is 6.15. The maximum Gasteiger partial charge on any atom is 0.387 e. The normalized spacial score (nSPS) is 16.9. The Morgan fingerprint density at radius 1 is 1.25 bits per heavy atom. The van der Waals surface area contributed by atoms with Crippen molar-refractivity contribution in [1.29, 1.82) is 0 Å². The number of nitrogens with zero attached hydrogens (tertiary/aromatic N) is 4. The van der Waals surface area contributed by atoms with Gasteiger partial charge in [-0.05, 0) is 56.3 Å². The molecule has 1 saturated heterocycles. The van der Waals surface area contributed by atoms with E-state index in [-0.39, 0.29) is 39.2 Å². The molecule has 0 amide bonds. The smallest absolute Gasteiger partial charge is 0.387 e. The van der Waals surface area contributed by atoms with Gasteiger partial charge in [-0.15, -0.1) is 0 Å². The lowest BCUT2D eigenvalue weighted by molar-refractivity contribution is -0.0489. The second kappa shape index (κ2) is 11.7. The number of halogens is 4. The summed E-state index contributed by atoms with van der Waals surface area (Å²) in [6.07, 6.45) is 1.45. The van der Waals surface area contributed by atoms with Gasteiger partial charge in [0.2, 0.25) is 5.88 Å². The van der Waals surface area contributed by atoms with E-state index in [1.165, 1.54) is 24.3 Å². The highest BCUT2D eigenvalue weighted by Gasteiger charge is 2.25. The minimum atomic E-state index is -3.13. The minimum Gasteiger partial charge on any atom is -0.478 e. The first kappa shape index (κ1) is 25.2. The molecule has 1 N–H and O–H groups in total. The summed E-state index contributed by atoms with van der Waals surface area (Å²) in [4.78, 5) is 22.6. The Bertz CT molecular complexity index is 1630. The number of pyridine rings is 1. The molecule has 0 bridgehead atoms. The average molecular weight is 578 g/mol. The number of hydrogen-bond acceptors (Lipinski definition) is 6. The van der Waals surface area contributed by atoms with Gasteiger partial charge in [-0.1, -0.05) is 23.7 Å². The summed E-state index contributed by atoms with van der Waals surface area (Å²) in [5.74, 6) is -1.73. The van der Waals surface area contributed by atoms with E-state index >= 15 is 0 Å². The summed E-state index contributed by atoms with van der Waals surface area (Å²) >= 11 is 5.78. The van der Waals surface area contributed by atoms with Crippen molar-refractivity contribution in [2.45, 2.75) is 38.5 Å². The third-order valence-corrected chi connectivity index (χ3v) is 7.05. The van der Waals surface area contributed by atoms with Gasteiger partial charge >= 0.3 is 12.6 Å². The molecule has 0 saturated carbocycles. The Labute approximate surface area is 235 Å². The zero-order valence-corrected chi connectivity index (χ0v) is 22.0. The topological polar surface area (TPSA) is 89.7 Å². The van der Waals surface area contributed by atoms with Gasteiger partial charge in [0.1, 0.15) is 23.7 Å². The first-order chi connectivity index (χ1) is 19.9. The van der Waals surface area contributed by atoms with Crippen LogP contribution in [-0.4, -0.2) is 50.2 Å². The molecule has 8 nitrogen and oxygen atoms in total. The average Bonchev–Trinajstić information content (AvgIpc) is 3.23. The summed E-state index contributed by atoms with van der Waals surface area (Å²) in [7, 11) is 1.69. The molecule has 2 aromatic heterocycles. The number of aromatic nitrogens is 3. The first-order valence-corrected chi connectivity index (χ1v) is 12.8. The Morgan fingerprint density at radius 3 is 2.73 bits per heavy atom. The lowest BCUT2D eigenvalue weighted by Crippen LogP contribution is -2.33. The summed E-state index contributed by atoms with van der Waals surface area (Å²) in [6.45, 7) is -3.87. The number of piperidine rings is 1. The van der Waals surface area contributed by atoms with Gasteiger partial charge in [-0.2, -0.15) is 8.78 Å². The summed E-state index contributed by atoms with van der Waals surface area (Å²) in [6, 6.07) is 11.1. The standard InChI is InChI=1S/C28H26ClF3N4O4/c1-35-22-11-18(27(37)38)12-23(40-28(31)32)26(22)34-24(35)14-36-9-7-16(8-10-36)21-3-2-4-25(33-21)39-15-17-5-6-19(29)13-20(17)30/h2-6,11-13,16,28H,7-10,14-15H2,1H3,(H,37,38)/i15TD. The van der Waals surface area contributed by atoms with Crippen LogP contribution in [0.4, 0.5) is 13.2 Å². The van der Waals surface area contributed by atoms with Gasteiger partial charge in [0, 0.05) is 35.3 Å². The van der Waals surface area contributed by atoms with Crippen LogP contribution >= 0.6 is 11.6 Å². The van der Waals surface area contributed by atoms with Crippen LogP contribution in [0.2, 0.25) is 5.02 Å². The zero-order chi connectivity index (χ0) is 30.2. The molecule has 1 aliphatic heterocycles. The number of carbonyl (C=O) groups is 1. The molecule has 1 aliphatic rings. The van der Waals surface area contributed by atoms with Crippen LogP contribution in [0.15, 0.2) is 48.5 Å². The van der Waals surface area contributed by atoms with E-state index in [1.807, 2.05) is 6.07 Å². The number of benzene rings is 2. The molecule has 4 aromatic rings. The van der Waals surface area contributed by atoms with Crippen LogP contribution in [0.3, 0.4) is 0 Å². The molecular formula is C28H26ClF3N4O4. The number of ether oxygens (including phenoxy) is 2. The van der Waals surface area contributed by atoms with Crippen LogP contribution in [0.5, 0.6) is 11.6 Å². The van der Waals surface area contributed by atoms with Crippen molar-refractivity contribution >= 4 is 28.6 Å². The molecule has 0 aliphatic carbocycles. The van der Waals surface area contributed by atoms with Crippen LogP contribution in [0, 0.1) is 5.82 Å². The van der Waals surface area contributed by atoms with E-state index in [1.54, 1.807) is 17.7 Å². The Morgan fingerprint density at radius 2 is 2.02 bits per heavy atom. The number of likely N-dealkylation sites (tertiary alicyclic amines) is 1. The molecule has 12 heteroatoms. The number of aromatic carboxylic acids is 1. The molecule has 0 spiro atoms. The zero-order valence-electron chi connectivity index (χ0n) is 23.3. The van der Waals surface area contributed by atoms with E-state index in [9.17, 15) is 23.1 Å². The van der Waals surface area contributed by atoms with Gasteiger partial charge in [0.15, 0.2) is 5.75 Å². The monoisotopic (exact) mass is 577 g/mol. The molecule has 3 heterocycles. The number of imidazole rings is 1. The number of carboxylic acids is 1. The second-order valence-electron chi connectivity index (χ2n) is 9.39. The molecule has 1 unspecified atom stereocenters. The number of fused-ring (bicyclic) bond motifs is 1. The Balaban J connectivity index is 1.27. The van der Waals surface area contributed by atoms with E-state index in [0.29, 0.717) is 31.0 Å². The predicted molar refractivity (Wildman–Crippen MR) is 142 cm³/mol. The highest BCUT2D eigenvalue weighted by atomic mass is 35.5. The van der Waals surface area contributed by atoms with Crippen LogP contribution < -0.4 is 9.47 Å². The van der Waals surface area contributed by atoms with Crippen molar-refractivity contribution in [3.8, 4) is 11.6 Å². The van der Waals surface area contributed by atoms with E-state index < -0.39 is 25.0 Å². The molecule has 40 heavy (non-hydrogen) atoms. The lowest BCUT2D eigenvalue weighted by atomic mass is 9.93. The number of hydrogen-bond donors (Lipinski definition) is 1. The van der Waals surface area contributed by atoms with E-state index in [4.69, 9.17) is 19.1 Å². The van der Waals surface area contributed by atoms with Gasteiger partial charge < -0.3 is 19.1 Å². The molecule has 1 fully saturated rings. The van der Waals surface area contributed by atoms with Crippen molar-refractivity contribution in [2.75, 3.05) is 13.1 Å². The quantitative estimate of drug-likeness (QED) is 0.260. The van der Waals surface area contributed by atoms with Crippen molar-refractivity contribution in [3.63, 3.8) is 0 Å². The maximum atomic E-state index is 14.3. The van der Waals surface area contributed by atoms with Crippen LogP contribution in [-0.2, 0) is 20.2 Å². The van der Waals surface area contributed by atoms with E-state index in [0.717, 1.165) is 30.7 Å². The fourth-order valence-electron chi connectivity index (χ4n) is 4.74. The maximum absolute atomic E-state index is 14.3. The molecule has 0 radical (unpaired) electrons. The van der Waals surface area contributed by atoms with Crippen molar-refractivity contribution in [1.82, 2.24) is 19.4 Å². The Kier molecular flexibility index (Phi) is 7.38. The van der Waals surface area contributed by atoms with Crippen molar-refractivity contribution in [3.05, 3.63) is 82.0 Å². The molecule has 2 aromatic carbocycles. The second-order valence-corrected chi connectivity index (χ2v) is 9.83. The highest BCUT2D eigenvalue weighted by molar-refractivity contribution is 6.30. The fourth-order valence-corrected chi connectivity index (χ4v) is 4.90. The third-order valence-electron chi connectivity index (χ3n) is 6.82. The van der Waals surface area contributed by atoms with Crippen LogP contribution in [0.25, 0.3) is 11.0 Å². The highest BCUT2D eigenvalue weighted by Crippen LogP contribution is 2.32. The predicted octanol–water partition coefficient (Wildman–Crippen LogP) is 6.02. The number of aryl methyl sites for hydroxylation is 1. The van der Waals surface area contributed by atoms with Crippen LogP contribution in [0.1, 0.15) is 48.9 Å². The SMILES string of the molecule is [2H]C([3H])(Oc1cccc(C2CCN(Cc3nc4c(OC(F)F)cc(C(=O)O)cc4n3C)CC2)n1)c1ccc(Cl)cc1F. The lowest BCUT2D eigenvalue weighted by Gasteiger charge is -2.31. The molecule has 210 valence electrons. The molecule has 1 atom stereocenters. The van der Waals surface area contributed by atoms with Gasteiger partial charge in [0.25, 0.3) is 0 Å². The Hall–Kier alpha value is -3.83. The molecule has 5 rings (SSSR count). The number of rotatable bonds is 9. The van der Waals surface area contributed by atoms with Crippen molar-refractivity contribution < 1.29 is 35.3 Å². The largest absolute Gasteiger partial charge is 0.478 e. The molecular weight excluding hydrogens is 549 g/mol. The summed E-state index contributed by atoms with van der Waals surface area (Å²) < 4.78 is 68.5. The van der Waals surface area contributed by atoms with E-state index in [2.05, 4.69) is 19.6 Å². The van der Waals surface area contributed by atoms with Gasteiger partial charge in [-0.25, -0.2) is 19.2 Å². The first-order valence-electron chi connectivity index (χ1n) is 13.4. The van der Waals surface area contributed by atoms with Crippen molar-refractivity contribution in [2.24, 2.45) is 7.05 Å². The minimum absolute atomic E-state index is 0.0246. The van der Waals surface area contributed by atoms with Gasteiger partial charge in [0.05, 0.1) is 20.4 Å². The summed E-state index contributed by atoms with van der Waals surface area (Å²) in [5, 5.41) is 9.54. The fraction of sp³-hybridized carbons (Fsp3) is 0.321. The summed E-state index contributed by atoms with van der Waals surface area (Å²) in [5.41, 5.74) is 0.777. The number of carboxylic acid groups (broad SMARTS) is 1. The van der Waals surface area contributed by atoms with Gasteiger partial charge in [-0.3, -0.25) is 4.90 Å².